The summed E-state index contributed by atoms with van der Waals surface area (Å²) in [6, 6.07) is -4.66. The van der Waals surface area contributed by atoms with E-state index in [1.54, 1.807) is 13.8 Å². The van der Waals surface area contributed by atoms with Crippen LogP contribution in [0.4, 0.5) is 4.79 Å². The molecule has 0 aromatic carbocycles. The van der Waals surface area contributed by atoms with Gasteiger partial charge in [0, 0.05) is 36.3 Å². The highest BCUT2D eigenvalue weighted by Gasteiger charge is 2.42. The molecule has 14 N–H and O–H groups in total. The number of carbonyl (C=O) groups is 11. The summed E-state index contributed by atoms with van der Waals surface area (Å²) in [6.07, 6.45) is 1.39. The molecule has 0 aromatic rings. The van der Waals surface area contributed by atoms with Gasteiger partial charge in [0.05, 0.1) is 38.0 Å². The molecule has 7 atom stereocenters. The number of urea groups is 1. The topological polar surface area (TPSA) is 383 Å². The van der Waals surface area contributed by atoms with Gasteiger partial charge < -0.3 is 58.5 Å². The molecule has 0 aromatic heterocycles. The van der Waals surface area contributed by atoms with Crippen LogP contribution in [-0.4, -0.2) is 141 Å². The zero-order valence-electron chi connectivity index (χ0n) is 34.0. The van der Waals surface area contributed by atoms with Crippen LogP contribution in [0.25, 0.3) is 0 Å². The molecule has 0 spiro atoms. The number of carboxylic acids is 2. The first kappa shape index (κ1) is 51.4. The Kier molecular flexibility index (Phi) is 22.3. The number of nitrogens with one attached hydrogen (secondary N) is 9. The Hall–Kier alpha value is -5.72. The first-order chi connectivity index (χ1) is 28.8. The van der Waals surface area contributed by atoms with Gasteiger partial charge in [0.2, 0.25) is 47.3 Å². The predicted octanol–water partition coefficient (Wildman–Crippen LogP) is -3.32. The molecule has 2 rings (SSSR count). The lowest BCUT2D eigenvalue weighted by Crippen LogP contribution is -2.56. The molecule has 25 heteroatoms. The molecule has 0 saturated carbocycles. The van der Waals surface area contributed by atoms with Crippen molar-refractivity contribution < 1.29 is 68.2 Å². The predicted molar refractivity (Wildman–Crippen MR) is 214 cm³/mol. The van der Waals surface area contributed by atoms with Gasteiger partial charge >= 0.3 is 18.0 Å². The van der Waals surface area contributed by atoms with Crippen molar-refractivity contribution in [3.8, 4) is 0 Å². The Morgan fingerprint density at radius 3 is 1.98 bits per heavy atom. The van der Waals surface area contributed by atoms with Gasteiger partial charge in [-0.1, -0.05) is 20.3 Å². The zero-order valence-corrected chi connectivity index (χ0v) is 34.9. The molecule has 0 bridgehead atoms. The van der Waals surface area contributed by atoms with E-state index in [-0.39, 0.29) is 42.8 Å². The Morgan fingerprint density at radius 2 is 1.36 bits per heavy atom. The maximum atomic E-state index is 13.1. The number of hydrogen-bond donors (Lipinski definition) is 13. The molecule has 61 heavy (non-hydrogen) atoms. The van der Waals surface area contributed by atoms with Gasteiger partial charge in [-0.15, -0.1) is 0 Å². The first-order valence-electron chi connectivity index (χ1n) is 19.8. The van der Waals surface area contributed by atoms with Crippen LogP contribution in [-0.2, 0) is 47.9 Å². The number of rotatable bonds is 29. The van der Waals surface area contributed by atoms with E-state index in [1.807, 2.05) is 11.8 Å². The number of nitrogens with two attached hydrogens (primary N) is 1. The van der Waals surface area contributed by atoms with Crippen molar-refractivity contribution in [2.75, 3.05) is 25.4 Å². The van der Waals surface area contributed by atoms with Crippen molar-refractivity contribution >= 4 is 77.0 Å². The molecule has 2 saturated heterocycles. The molecule has 2 heterocycles. The molecular formula is C36H58N10O14S. The second-order valence-corrected chi connectivity index (χ2v) is 16.4. The molecule has 2 aliphatic heterocycles. The minimum Gasteiger partial charge on any atom is -0.481 e. The Balaban J connectivity index is 1.76. The summed E-state index contributed by atoms with van der Waals surface area (Å²) in [5.74, 6) is -10.5. The first-order valence-corrected chi connectivity index (χ1v) is 20.9. The van der Waals surface area contributed by atoms with E-state index in [4.69, 9.17) is 10.9 Å². The SMILES string of the molecule is CC(C)CC(CC(=O)NO)C(=O)N[C@@H](CC(=O)O)C(=O)N[C@@H](CC(=O)O)C(=O)NCC(=O)NCC(=O)N[C@@H](CCCCNC(=O)CCCC[C@@H]1SC[C@@H]2NC(=O)N[C@@H]21)C(N)=O. The maximum Gasteiger partial charge on any atom is 0.315 e. The standard InChI is InChI=1S/C36H58N10O14S/c1-18(2)11-19(12-26(48)46-60)33(56)42-22(14-30(53)54)35(58)43-21(13-29(51)52)34(57)40-15-27(49)39-16-28(50)41-20(32(37)55)7-5-6-10-38-25(47)9-4-3-8-24-31-23(17-61-24)44-36(59)45-31/h18-24,31,60H,3-17H2,1-2H3,(H2,37,55)(H,38,47)(H,39,49)(H,40,57)(H,41,50)(H,42,56)(H,43,58)(H,46,48)(H,51,52)(H,53,54)(H2,44,45,59)/t19?,20-,21-,22-,23-,24-,31-/m0/s1. The number of amides is 10. The van der Waals surface area contributed by atoms with Crippen LogP contribution in [0.15, 0.2) is 0 Å². The van der Waals surface area contributed by atoms with Crippen molar-refractivity contribution in [1.82, 2.24) is 48.0 Å². The van der Waals surface area contributed by atoms with Gasteiger partial charge in [-0.2, -0.15) is 11.8 Å². The van der Waals surface area contributed by atoms with E-state index in [0.717, 1.165) is 18.6 Å². The number of carbonyl (C=O) groups excluding carboxylic acids is 9. The van der Waals surface area contributed by atoms with E-state index in [2.05, 4.69) is 42.5 Å². The van der Waals surface area contributed by atoms with Gasteiger partial charge in [-0.05, 0) is 44.4 Å². The number of aliphatic carboxylic acids is 2. The van der Waals surface area contributed by atoms with Crippen LogP contribution in [0.3, 0.4) is 0 Å². The molecule has 1 unspecified atom stereocenters. The van der Waals surface area contributed by atoms with Crippen LogP contribution < -0.4 is 53.7 Å². The van der Waals surface area contributed by atoms with Crippen molar-refractivity contribution in [3.63, 3.8) is 0 Å². The van der Waals surface area contributed by atoms with Crippen LogP contribution in [0, 0.1) is 11.8 Å². The fourth-order valence-electron chi connectivity index (χ4n) is 6.58. The number of unbranched alkanes of at least 4 members (excludes halogenated alkanes) is 2. The van der Waals surface area contributed by atoms with E-state index < -0.39 is 110 Å². The van der Waals surface area contributed by atoms with E-state index in [0.29, 0.717) is 37.5 Å². The minimum atomic E-state index is -1.86. The van der Waals surface area contributed by atoms with Crippen LogP contribution >= 0.6 is 11.8 Å². The van der Waals surface area contributed by atoms with E-state index in [9.17, 15) is 63.0 Å². The number of carboxylic acid groups (broad SMARTS) is 2. The highest BCUT2D eigenvalue weighted by molar-refractivity contribution is 8.00. The van der Waals surface area contributed by atoms with Crippen molar-refractivity contribution in [2.24, 2.45) is 17.6 Å². The third-order valence-electron chi connectivity index (χ3n) is 9.58. The number of primary amides is 1. The van der Waals surface area contributed by atoms with Gasteiger partial charge in [-0.25, -0.2) is 10.3 Å². The molecule has 0 radical (unpaired) electrons. The molecule has 24 nitrogen and oxygen atoms in total. The lowest BCUT2D eigenvalue weighted by Gasteiger charge is -2.24. The van der Waals surface area contributed by atoms with Crippen molar-refractivity contribution in [3.05, 3.63) is 0 Å². The summed E-state index contributed by atoms with van der Waals surface area (Å²) < 4.78 is 0. The van der Waals surface area contributed by atoms with E-state index in [1.165, 1.54) is 5.48 Å². The monoisotopic (exact) mass is 886 g/mol. The van der Waals surface area contributed by atoms with Gasteiger partial charge in [0.1, 0.15) is 18.1 Å². The van der Waals surface area contributed by atoms with Crippen LogP contribution in [0.2, 0.25) is 0 Å². The molecule has 0 aliphatic carbocycles. The third kappa shape index (κ3) is 19.9. The summed E-state index contributed by atoms with van der Waals surface area (Å²) in [7, 11) is 0. The maximum absolute atomic E-state index is 13.1. The zero-order chi connectivity index (χ0) is 45.6. The van der Waals surface area contributed by atoms with Crippen molar-refractivity contribution in [2.45, 2.75) is 120 Å². The quantitative estimate of drug-likeness (QED) is 0.0151. The highest BCUT2D eigenvalue weighted by atomic mass is 32.2. The molecule has 2 fully saturated rings. The summed E-state index contributed by atoms with van der Waals surface area (Å²) >= 11 is 1.81. The van der Waals surface area contributed by atoms with Gasteiger partial charge in [-0.3, -0.25) is 53.2 Å². The third-order valence-corrected chi connectivity index (χ3v) is 11.1. The lowest BCUT2D eigenvalue weighted by atomic mass is 9.92. The smallest absolute Gasteiger partial charge is 0.315 e. The van der Waals surface area contributed by atoms with Gasteiger partial charge in [0.25, 0.3) is 0 Å². The number of thioether (sulfide) groups is 1. The summed E-state index contributed by atoms with van der Waals surface area (Å²) in [4.78, 5) is 134. The Labute approximate surface area is 355 Å². The normalized spacial score (nSPS) is 18.4. The van der Waals surface area contributed by atoms with Crippen LogP contribution in [0.5, 0.6) is 0 Å². The fraction of sp³-hybridized carbons (Fsp3) is 0.694. The van der Waals surface area contributed by atoms with E-state index >= 15 is 0 Å². The minimum absolute atomic E-state index is 0.106. The van der Waals surface area contributed by atoms with Crippen LogP contribution in [0.1, 0.15) is 84.5 Å². The number of hydroxylamine groups is 1. The van der Waals surface area contributed by atoms with Crippen molar-refractivity contribution in [1.29, 1.82) is 0 Å². The summed E-state index contributed by atoms with van der Waals surface area (Å²) in [5, 5.41) is 47.4. The average Bonchev–Trinajstić information content (AvgIpc) is 3.74. The Morgan fingerprint density at radius 1 is 0.721 bits per heavy atom. The van der Waals surface area contributed by atoms with Gasteiger partial charge in [0.15, 0.2) is 0 Å². The second-order valence-electron chi connectivity index (χ2n) is 15.1. The Bertz CT molecular complexity index is 1620. The highest BCUT2D eigenvalue weighted by Crippen LogP contribution is 2.33. The average molecular weight is 887 g/mol. The molecule has 342 valence electrons. The summed E-state index contributed by atoms with van der Waals surface area (Å²) in [6.45, 7) is 2.33. The second kappa shape index (κ2) is 26.5. The number of hydrogen-bond acceptors (Lipinski definition) is 13. The molecule has 10 amide bonds. The largest absolute Gasteiger partial charge is 0.481 e. The fourth-order valence-corrected chi connectivity index (χ4v) is 8.12. The molecule has 2 aliphatic rings. The summed E-state index contributed by atoms with van der Waals surface area (Å²) in [5.41, 5.74) is 6.81. The number of fused-ring (bicyclic) bond motifs is 1. The lowest BCUT2D eigenvalue weighted by molar-refractivity contribution is -0.143. The molecular weight excluding hydrogens is 829 g/mol.